The van der Waals surface area contributed by atoms with E-state index < -0.39 is 0 Å². The van der Waals surface area contributed by atoms with Gasteiger partial charge in [-0.3, -0.25) is 14.2 Å². The van der Waals surface area contributed by atoms with E-state index in [0.29, 0.717) is 18.7 Å². The van der Waals surface area contributed by atoms with Gasteiger partial charge in [-0.15, -0.1) is 0 Å². The van der Waals surface area contributed by atoms with E-state index >= 15 is 0 Å². The number of amides is 1. The van der Waals surface area contributed by atoms with Crippen LogP contribution in [-0.2, 0) is 17.8 Å². The highest BCUT2D eigenvalue weighted by Gasteiger charge is 2.09. The number of carbonyl (C=O) groups excluding carboxylic acids is 1. The smallest absolute Gasteiger partial charge is 0.280 e. The largest absolute Gasteiger partial charge is 0.384 e. The minimum Gasteiger partial charge on any atom is -0.384 e. The van der Waals surface area contributed by atoms with Crippen LogP contribution >= 0.6 is 0 Å². The number of carbonyl (C=O) groups is 1. The van der Waals surface area contributed by atoms with E-state index in [-0.39, 0.29) is 17.9 Å². The second kappa shape index (κ2) is 6.73. The van der Waals surface area contributed by atoms with E-state index in [2.05, 4.69) is 20.4 Å². The van der Waals surface area contributed by atoms with Gasteiger partial charge in [0.05, 0.1) is 0 Å². The first kappa shape index (κ1) is 14.8. The van der Waals surface area contributed by atoms with Gasteiger partial charge in [-0.05, 0) is 6.07 Å². The van der Waals surface area contributed by atoms with E-state index in [1.165, 1.54) is 6.07 Å². The molecule has 0 aliphatic carbocycles. The normalized spacial score (nSPS) is 10.6. The van der Waals surface area contributed by atoms with Crippen molar-refractivity contribution in [3.63, 3.8) is 0 Å². The standard InChI is InChI=1S/C15H15N5O3/c21-13(4-3-12-8-14(22)19-23-12)18-9-11-2-1-5-17-15(11)20-7-6-16-10-20/h1-2,5-8,10H,3-4,9H2,(H,18,21)(H,19,22). The molecule has 3 rings (SSSR count). The van der Waals surface area contributed by atoms with Crippen molar-refractivity contribution in [2.24, 2.45) is 0 Å². The van der Waals surface area contributed by atoms with Gasteiger partial charge in [-0.2, -0.15) is 5.16 Å². The third kappa shape index (κ3) is 3.73. The van der Waals surface area contributed by atoms with Crippen LogP contribution < -0.4 is 10.9 Å². The average Bonchev–Trinajstić information content (AvgIpc) is 3.23. The second-order valence-corrected chi connectivity index (χ2v) is 4.91. The molecule has 3 aromatic rings. The van der Waals surface area contributed by atoms with Crippen LogP contribution in [0.4, 0.5) is 0 Å². The molecule has 0 radical (unpaired) electrons. The maximum atomic E-state index is 11.9. The summed E-state index contributed by atoms with van der Waals surface area (Å²) in [5.41, 5.74) is 0.577. The Hall–Kier alpha value is -3.16. The van der Waals surface area contributed by atoms with Crippen LogP contribution in [0.1, 0.15) is 17.7 Å². The van der Waals surface area contributed by atoms with Gasteiger partial charge >= 0.3 is 0 Å². The Kier molecular flexibility index (Phi) is 4.32. The fraction of sp³-hybridized carbons (Fsp3) is 0.200. The first-order chi connectivity index (χ1) is 11.2. The molecule has 0 fully saturated rings. The predicted octanol–water partition coefficient (Wildman–Crippen LogP) is 0.798. The van der Waals surface area contributed by atoms with E-state index in [0.717, 1.165) is 11.4 Å². The van der Waals surface area contributed by atoms with E-state index in [9.17, 15) is 9.59 Å². The number of aryl methyl sites for hydroxylation is 1. The van der Waals surface area contributed by atoms with Gasteiger partial charge in [0.15, 0.2) is 0 Å². The Morgan fingerprint density at radius 1 is 1.39 bits per heavy atom. The van der Waals surface area contributed by atoms with Crippen molar-refractivity contribution < 1.29 is 9.32 Å². The molecular weight excluding hydrogens is 298 g/mol. The van der Waals surface area contributed by atoms with E-state index in [4.69, 9.17) is 4.52 Å². The van der Waals surface area contributed by atoms with Gasteiger partial charge in [0.25, 0.3) is 5.56 Å². The third-order valence-corrected chi connectivity index (χ3v) is 3.27. The number of nitrogens with zero attached hydrogens (tertiary/aromatic N) is 3. The lowest BCUT2D eigenvalue weighted by atomic mass is 10.2. The highest BCUT2D eigenvalue weighted by molar-refractivity contribution is 5.76. The van der Waals surface area contributed by atoms with Gasteiger partial charge in [0.2, 0.25) is 5.91 Å². The molecule has 0 aliphatic heterocycles. The van der Waals surface area contributed by atoms with Gasteiger partial charge in [0, 0.05) is 49.6 Å². The van der Waals surface area contributed by atoms with Crippen LogP contribution in [0.15, 0.2) is 52.4 Å². The summed E-state index contributed by atoms with van der Waals surface area (Å²) < 4.78 is 6.70. The van der Waals surface area contributed by atoms with Gasteiger partial charge in [0.1, 0.15) is 17.9 Å². The Bertz CT molecular complexity index is 835. The van der Waals surface area contributed by atoms with Crippen molar-refractivity contribution in [3.05, 3.63) is 64.8 Å². The summed E-state index contributed by atoms with van der Waals surface area (Å²) in [6.07, 6.45) is 7.41. The molecule has 0 bridgehead atoms. The van der Waals surface area contributed by atoms with Gasteiger partial charge in [-0.25, -0.2) is 9.97 Å². The number of nitrogens with one attached hydrogen (secondary N) is 2. The van der Waals surface area contributed by atoms with Crippen molar-refractivity contribution in [1.82, 2.24) is 25.0 Å². The molecule has 8 nitrogen and oxygen atoms in total. The summed E-state index contributed by atoms with van der Waals surface area (Å²) in [6, 6.07) is 5.05. The lowest BCUT2D eigenvalue weighted by Gasteiger charge is -2.09. The number of aromatic amines is 1. The van der Waals surface area contributed by atoms with Gasteiger partial charge in [-0.1, -0.05) is 6.07 Å². The van der Waals surface area contributed by atoms with Crippen LogP contribution in [0.2, 0.25) is 0 Å². The predicted molar refractivity (Wildman–Crippen MR) is 80.9 cm³/mol. The number of pyridine rings is 1. The third-order valence-electron chi connectivity index (χ3n) is 3.27. The molecule has 0 spiro atoms. The molecule has 3 heterocycles. The molecule has 0 saturated heterocycles. The lowest BCUT2D eigenvalue weighted by Crippen LogP contribution is -2.23. The molecule has 0 saturated carbocycles. The molecule has 0 atom stereocenters. The summed E-state index contributed by atoms with van der Waals surface area (Å²) >= 11 is 0. The van der Waals surface area contributed by atoms with E-state index in [1.54, 1.807) is 29.5 Å². The number of hydrogen-bond donors (Lipinski definition) is 2. The lowest BCUT2D eigenvalue weighted by molar-refractivity contribution is -0.121. The molecule has 3 aromatic heterocycles. The summed E-state index contributed by atoms with van der Waals surface area (Å²) in [6.45, 7) is 0.358. The molecule has 0 aromatic carbocycles. The van der Waals surface area contributed by atoms with Crippen molar-refractivity contribution in [2.75, 3.05) is 0 Å². The first-order valence-corrected chi connectivity index (χ1v) is 7.08. The van der Waals surface area contributed by atoms with Crippen LogP contribution in [-0.4, -0.2) is 25.6 Å². The van der Waals surface area contributed by atoms with Crippen molar-refractivity contribution in [1.29, 1.82) is 0 Å². The van der Waals surface area contributed by atoms with Gasteiger partial charge < -0.3 is 9.84 Å². The zero-order valence-corrected chi connectivity index (χ0v) is 12.2. The minimum absolute atomic E-state index is 0.130. The maximum Gasteiger partial charge on any atom is 0.280 e. The maximum absolute atomic E-state index is 11.9. The number of rotatable bonds is 6. The Labute approximate surface area is 131 Å². The number of hydrogen-bond acceptors (Lipinski definition) is 5. The van der Waals surface area contributed by atoms with Crippen molar-refractivity contribution >= 4 is 5.91 Å². The summed E-state index contributed by atoms with van der Waals surface area (Å²) in [4.78, 5) is 31.2. The fourth-order valence-corrected chi connectivity index (χ4v) is 2.15. The SMILES string of the molecule is O=C(CCc1cc(=O)[nH]o1)NCc1cccnc1-n1ccnc1. The molecule has 8 heteroatoms. The zero-order valence-electron chi connectivity index (χ0n) is 12.2. The monoisotopic (exact) mass is 313 g/mol. The average molecular weight is 313 g/mol. The fourth-order valence-electron chi connectivity index (χ4n) is 2.15. The van der Waals surface area contributed by atoms with E-state index in [1.807, 2.05) is 12.1 Å². The van der Waals surface area contributed by atoms with Crippen LogP contribution in [0, 0.1) is 0 Å². The van der Waals surface area contributed by atoms with Crippen LogP contribution in [0.25, 0.3) is 5.82 Å². The van der Waals surface area contributed by atoms with Crippen LogP contribution in [0.5, 0.6) is 0 Å². The van der Waals surface area contributed by atoms with Crippen LogP contribution in [0.3, 0.4) is 0 Å². The molecular formula is C15H15N5O3. The summed E-state index contributed by atoms with van der Waals surface area (Å²) in [7, 11) is 0. The highest BCUT2D eigenvalue weighted by Crippen LogP contribution is 2.10. The molecule has 118 valence electrons. The number of aromatic nitrogens is 4. The first-order valence-electron chi connectivity index (χ1n) is 7.08. The summed E-state index contributed by atoms with van der Waals surface area (Å²) in [5, 5.41) is 5.03. The molecule has 0 aliphatic rings. The quantitative estimate of drug-likeness (QED) is 0.700. The zero-order chi connectivity index (χ0) is 16.1. The molecule has 23 heavy (non-hydrogen) atoms. The minimum atomic E-state index is -0.305. The second-order valence-electron chi connectivity index (χ2n) is 4.91. The number of H-pyrrole nitrogens is 1. The Morgan fingerprint density at radius 2 is 2.30 bits per heavy atom. The topological polar surface area (TPSA) is 106 Å². The number of imidazole rings is 1. The highest BCUT2D eigenvalue weighted by atomic mass is 16.5. The van der Waals surface area contributed by atoms with Crippen molar-refractivity contribution in [2.45, 2.75) is 19.4 Å². The molecule has 1 amide bonds. The van der Waals surface area contributed by atoms with Crippen molar-refractivity contribution in [3.8, 4) is 5.82 Å². The summed E-state index contributed by atoms with van der Waals surface area (Å²) in [5.74, 6) is 1.06. The Morgan fingerprint density at radius 3 is 3.04 bits per heavy atom. The molecule has 0 unspecified atom stereocenters. The molecule has 2 N–H and O–H groups in total. The Balaban J connectivity index is 1.58.